The molecule has 8 aromatic rings. The minimum Gasteiger partial charge on any atom is -0.443 e. The minimum atomic E-state index is -3.11. The summed E-state index contributed by atoms with van der Waals surface area (Å²) in [5.41, 5.74) is 1.43. The molecular weight excluding hydrogens is 1730 g/mol. The molecule has 0 bridgehead atoms. The maximum atomic E-state index is 14.2. The normalized spacial score (nSPS) is 19.3. The van der Waals surface area contributed by atoms with Crippen molar-refractivity contribution in [1.29, 1.82) is 0 Å². The lowest BCUT2D eigenvalue weighted by atomic mass is 9.92. The van der Waals surface area contributed by atoms with Gasteiger partial charge in [-0.1, -0.05) is 386 Å². The van der Waals surface area contributed by atoms with Crippen LogP contribution in [-0.2, 0) is 73.6 Å². The van der Waals surface area contributed by atoms with Gasteiger partial charge in [-0.25, -0.2) is 19.6 Å². The highest BCUT2D eigenvalue weighted by Crippen LogP contribution is 2.45. The van der Waals surface area contributed by atoms with Crippen molar-refractivity contribution in [3.63, 3.8) is 0 Å². The Morgan fingerprint density at radius 3 is 1.23 bits per heavy atom. The van der Waals surface area contributed by atoms with Crippen LogP contribution in [0.1, 0.15) is 70.2 Å². The first-order valence-electron chi connectivity index (χ1n) is 40.1. The van der Waals surface area contributed by atoms with Crippen LogP contribution < -0.4 is 47.3 Å². The third-order valence-electron chi connectivity index (χ3n) is 21.7. The Kier molecular flexibility index (Phi) is 30.0. The van der Waals surface area contributed by atoms with Crippen molar-refractivity contribution in [3.8, 4) is 0 Å². The summed E-state index contributed by atoms with van der Waals surface area (Å²) in [4.78, 5) is 105. The van der Waals surface area contributed by atoms with Crippen LogP contribution in [0.5, 0.6) is 0 Å². The summed E-state index contributed by atoms with van der Waals surface area (Å²) in [7, 11) is -5.95. The quantitative estimate of drug-likeness (QED) is 0.0124. The fraction of sp³-hybridized carbons (Fsp3) is 0.283. The maximum Gasteiger partial charge on any atom is 0.442 e. The predicted octanol–water partition coefficient (Wildman–Crippen LogP) is 13.6. The highest BCUT2D eigenvalue weighted by Gasteiger charge is 2.62. The number of ether oxygens (including phenoxy) is 2. The smallest absolute Gasteiger partial charge is 0.442 e. The topological polar surface area (TPSA) is 259 Å². The molecule has 0 radical (unpaired) electrons. The molecule has 124 heavy (non-hydrogen) atoms. The van der Waals surface area contributed by atoms with Crippen LogP contribution in [0.2, 0.25) is 10.1 Å². The fourth-order valence-corrected chi connectivity index (χ4v) is 25.6. The number of nitrogens with one attached hydrogen (secondary N) is 5. The number of amides is 6. The summed E-state index contributed by atoms with van der Waals surface area (Å²) in [6.07, 6.45) is 7.03. The fourth-order valence-electron chi connectivity index (χ4n) is 16.2. The number of alkyl halides is 6. The zero-order valence-electron chi connectivity index (χ0n) is 69.3. The first-order chi connectivity index (χ1) is 59.2. The van der Waals surface area contributed by atoms with E-state index in [1.807, 2.05) is 203 Å². The molecule has 648 valence electrons. The van der Waals surface area contributed by atoms with E-state index in [9.17, 15) is 28.8 Å². The SMILES string of the molecule is C=C1N[C@H]2[C@H](CO[Si](c3ccccc3)(c3ccccc3)C(C)(C)C)N=C(NC(=O)C(Cl)(Cl)Cl)N3CC=C[C@]23N1.C=C1N[C@]23C=CCN2C(NC(=O)C(Cl)(Cl)Cl)=N[C@@H](CO[Si](c2ccccc2)(c2ccccc2)C(C)(C)C)[C@@H]3N1CCC(=O)N(OCc1ccccc1)C(=O)OCc1ccccc1.C=CC(=O)N(OCc1ccccc1)C(=O)OCc1ccccc1. The molecule has 6 aliphatic rings. The van der Waals surface area contributed by atoms with Gasteiger partial charge >= 0.3 is 12.2 Å². The first-order valence-corrected chi connectivity index (χ1v) is 46.2. The van der Waals surface area contributed by atoms with Gasteiger partial charge in [0.15, 0.2) is 11.3 Å². The van der Waals surface area contributed by atoms with Gasteiger partial charge in [0.25, 0.3) is 47.8 Å². The van der Waals surface area contributed by atoms with Crippen molar-refractivity contribution in [2.45, 2.75) is 128 Å². The van der Waals surface area contributed by atoms with Gasteiger partial charge in [0.2, 0.25) is 11.9 Å². The van der Waals surface area contributed by atoms with E-state index in [4.69, 9.17) is 108 Å². The summed E-state index contributed by atoms with van der Waals surface area (Å²) in [5.74, 6) is -1.31. The predicted molar refractivity (Wildman–Crippen MR) is 490 cm³/mol. The molecule has 24 nitrogen and oxygen atoms in total. The standard InChI is InChI=1S/C46H49Cl3N6O6Si.C28H32Cl3N5O2Si.C18H17NO4/c1-33-52-45-27-17-28-54(45)42(51-41(57)46(47,48)49)50-38(32-61-62(44(2,3)4,36-22-13-7-14-23-36)37-24-15-8-16-25-37)40(45)53(33)29-26-39(56)55(60-31-35-20-11-6-12-21-35)43(58)59-30-34-18-9-5-10-19-34;1-19-32-23-22(33-25(34-24(37)28(29,30)31)36-17-11-16-27(23,36)35-19)18-38-39(26(2,3)4,20-12-7-5-8-13-20)21-14-9-6-10-15-21;1-2-17(20)19(23-14-16-11-7-4-8-12-16)18(21)22-13-15-9-5-3-6-10-15/h5-25,27,38,40,52H,1,26,28-32H2,2-4H3,(H,50,51,57);5-16,22-23,32,35H,1,17-18H2,2-4H3,(H,33,34,37);2-12H,1,13-14H2/t38-,40-,45+;22-,23-,27+;/m00./s1. The Hall–Kier alpha value is -10.6. The molecule has 8 aromatic carbocycles. The van der Waals surface area contributed by atoms with E-state index >= 15 is 0 Å². The minimum absolute atomic E-state index is 0.0461. The van der Waals surface area contributed by atoms with E-state index in [2.05, 4.69) is 167 Å². The van der Waals surface area contributed by atoms with Gasteiger partial charge in [-0.05, 0) is 71.3 Å². The van der Waals surface area contributed by atoms with Gasteiger partial charge in [0.1, 0.15) is 44.6 Å². The molecule has 6 atom stereocenters. The van der Waals surface area contributed by atoms with Crippen molar-refractivity contribution >= 4 is 155 Å². The largest absolute Gasteiger partial charge is 0.443 e. The van der Waals surface area contributed by atoms with E-state index in [1.54, 1.807) is 0 Å². The lowest BCUT2D eigenvalue weighted by Gasteiger charge is -2.49. The van der Waals surface area contributed by atoms with Gasteiger partial charge in [-0.2, -0.15) is 0 Å². The van der Waals surface area contributed by atoms with E-state index in [1.165, 1.54) is 10.4 Å². The lowest BCUT2D eigenvalue weighted by molar-refractivity contribution is -0.179. The van der Waals surface area contributed by atoms with Gasteiger partial charge < -0.3 is 49.0 Å². The highest BCUT2D eigenvalue weighted by atomic mass is 35.6. The molecule has 6 amide bonds. The Morgan fingerprint density at radius 2 is 0.839 bits per heavy atom. The zero-order chi connectivity index (χ0) is 88.7. The average Bonchev–Trinajstić information content (AvgIpc) is 1.54. The Labute approximate surface area is 754 Å². The third-order valence-corrected chi connectivity index (χ3v) is 32.8. The number of halogens is 6. The number of guanidine groups is 2. The van der Waals surface area contributed by atoms with E-state index < -0.39 is 89.5 Å². The molecule has 6 heterocycles. The number of imide groups is 2. The number of carbonyl (C=O) groups excluding carboxylic acids is 6. The summed E-state index contributed by atoms with van der Waals surface area (Å²) in [6.45, 7) is 26.5. The number of hydroxylamine groups is 4. The second kappa shape index (κ2) is 40.2. The number of hydrogen-bond acceptors (Lipinski definition) is 20. The Morgan fingerprint density at radius 1 is 0.492 bits per heavy atom. The van der Waals surface area contributed by atoms with Crippen molar-refractivity contribution < 1.29 is 56.8 Å². The maximum absolute atomic E-state index is 14.2. The summed E-state index contributed by atoms with van der Waals surface area (Å²) >= 11 is 35.9. The third kappa shape index (κ3) is 21.0. The van der Waals surface area contributed by atoms with E-state index in [-0.39, 0.29) is 74.7 Å². The molecule has 0 aliphatic carbocycles. The van der Waals surface area contributed by atoms with Crippen LogP contribution in [0.15, 0.2) is 314 Å². The van der Waals surface area contributed by atoms with E-state index in [0.29, 0.717) is 40.8 Å². The number of rotatable bonds is 24. The van der Waals surface area contributed by atoms with E-state index in [0.717, 1.165) is 38.7 Å². The molecule has 2 spiro atoms. The molecule has 0 aromatic heterocycles. The molecule has 0 saturated carbocycles. The van der Waals surface area contributed by atoms with Crippen LogP contribution in [0.4, 0.5) is 9.59 Å². The van der Waals surface area contributed by atoms with Gasteiger partial charge in [0, 0.05) is 26.1 Å². The van der Waals surface area contributed by atoms with Crippen LogP contribution in [-0.4, -0.2) is 165 Å². The second-order valence-electron chi connectivity index (χ2n) is 31.9. The number of hydrogen-bond donors (Lipinski definition) is 5. The lowest BCUT2D eigenvalue weighted by Crippen LogP contribution is -2.71. The highest BCUT2D eigenvalue weighted by molar-refractivity contribution is 7.00. The van der Waals surface area contributed by atoms with Gasteiger partial charge in [0.05, 0.1) is 30.9 Å². The van der Waals surface area contributed by atoms with Crippen LogP contribution in [0.3, 0.4) is 0 Å². The van der Waals surface area contributed by atoms with Gasteiger partial charge in [-0.3, -0.25) is 39.5 Å². The van der Waals surface area contributed by atoms with Crippen LogP contribution in [0, 0.1) is 0 Å². The number of benzene rings is 8. The molecule has 6 aliphatic heterocycles. The Bertz CT molecular complexity index is 5140. The molecular formula is C92H98Cl6N12O12Si2. The summed E-state index contributed by atoms with van der Waals surface area (Å²) in [5, 5.41) is 21.1. The zero-order valence-corrected chi connectivity index (χ0v) is 75.8. The molecule has 32 heteroatoms. The molecule has 0 unspecified atom stereocenters. The second-order valence-corrected chi connectivity index (χ2v) is 45.1. The van der Waals surface area contributed by atoms with Crippen molar-refractivity contribution in [2.75, 3.05) is 32.8 Å². The van der Waals surface area contributed by atoms with Crippen molar-refractivity contribution in [1.82, 2.24) is 51.4 Å². The first kappa shape index (κ1) is 92.6. The summed E-state index contributed by atoms with van der Waals surface area (Å²) in [6, 6.07) is 76.3. The monoisotopic (exact) mass is 1830 g/mol. The molecule has 2 saturated heterocycles. The van der Waals surface area contributed by atoms with Crippen molar-refractivity contribution in [2.24, 2.45) is 9.98 Å². The van der Waals surface area contributed by atoms with Crippen molar-refractivity contribution in [3.05, 3.63) is 327 Å². The number of carbonyl (C=O) groups is 6. The number of aliphatic imine (C=N–C) groups is 2. The molecule has 14 rings (SSSR count). The van der Waals surface area contributed by atoms with Gasteiger partial charge in [-0.15, -0.1) is 10.1 Å². The number of nitrogens with zero attached hydrogens (tertiary/aromatic N) is 7. The van der Waals surface area contributed by atoms with Crippen LogP contribution >= 0.6 is 69.6 Å². The molecule has 2 fully saturated rings. The summed E-state index contributed by atoms with van der Waals surface area (Å²) < 4.78 is 20.9. The average molecular weight is 1830 g/mol. The molecule has 5 N–H and O–H groups in total. The van der Waals surface area contributed by atoms with Crippen LogP contribution in [0.25, 0.3) is 0 Å². The Balaban J connectivity index is 0.000000191.